The Morgan fingerprint density at radius 3 is 2.22 bits per heavy atom. The van der Waals surface area contributed by atoms with Crippen LogP contribution in [0.15, 0.2) is 0 Å². The summed E-state index contributed by atoms with van der Waals surface area (Å²) in [5, 5.41) is 8.52. The summed E-state index contributed by atoms with van der Waals surface area (Å²) in [6, 6.07) is 0. The summed E-state index contributed by atoms with van der Waals surface area (Å²) in [6.45, 7) is 2.08. The summed E-state index contributed by atoms with van der Waals surface area (Å²) >= 11 is 0. The Labute approximate surface area is 61.6 Å². The highest BCUT2D eigenvalue weighted by Gasteiger charge is 2.15. The molecule has 0 bridgehead atoms. The van der Waals surface area contributed by atoms with Crippen LogP contribution in [0.25, 0.3) is 0 Å². The zero-order valence-electron chi connectivity index (χ0n) is 5.76. The minimum atomic E-state index is -0.575. The third kappa shape index (κ3) is 6.05. The molecule has 0 amide bonds. The van der Waals surface area contributed by atoms with Gasteiger partial charge in [0.2, 0.25) is 0 Å². The van der Waals surface area contributed by atoms with Gasteiger partial charge < -0.3 is 15.6 Å². The van der Waals surface area contributed by atoms with Gasteiger partial charge in [-0.05, 0) is 6.92 Å². The van der Waals surface area contributed by atoms with Gasteiger partial charge in [0.05, 0.1) is 18.8 Å². The van der Waals surface area contributed by atoms with Gasteiger partial charge in [0.25, 0.3) is 0 Å². The second-order valence-corrected chi connectivity index (χ2v) is 2.25. The zero-order chi connectivity index (χ0) is 6.62. The first-order chi connectivity index (χ1) is 3.62. The van der Waals surface area contributed by atoms with Crippen molar-refractivity contribution in [3.8, 4) is 0 Å². The molecule has 0 spiro atoms. The molecule has 3 nitrogen and oxygen atoms in total. The summed E-state index contributed by atoms with van der Waals surface area (Å²) < 4.78 is 4.71. The van der Waals surface area contributed by atoms with Gasteiger partial charge >= 0.3 is 0 Å². The third-order valence-corrected chi connectivity index (χ3v) is 0.835. The van der Waals surface area contributed by atoms with Crippen LogP contribution in [0.5, 0.6) is 0 Å². The predicted molar refractivity (Wildman–Crippen MR) is 38.8 cm³/mol. The van der Waals surface area contributed by atoms with Crippen LogP contribution >= 0.6 is 12.4 Å². The average Bonchev–Trinajstić information content (AvgIpc) is 1.67. The maximum atomic E-state index is 8.52. The average molecular weight is 156 g/mol. The van der Waals surface area contributed by atoms with E-state index in [9.17, 15) is 0 Å². The zero-order valence-corrected chi connectivity index (χ0v) is 6.57. The molecule has 0 radical (unpaired) electrons. The highest BCUT2D eigenvalue weighted by Crippen LogP contribution is 1.95. The molecule has 1 unspecified atom stereocenters. The molecule has 3 N–H and O–H groups in total. The Kier molecular flexibility index (Phi) is 6.61. The van der Waals surface area contributed by atoms with Crippen molar-refractivity contribution in [3.05, 3.63) is 0 Å². The van der Waals surface area contributed by atoms with Crippen molar-refractivity contribution in [2.24, 2.45) is 5.73 Å². The van der Waals surface area contributed by atoms with E-state index in [1.807, 2.05) is 0 Å². The molecular weight excluding hydrogens is 142 g/mol. The van der Waals surface area contributed by atoms with Gasteiger partial charge in [0.1, 0.15) is 0 Å². The van der Waals surface area contributed by atoms with Gasteiger partial charge in [0, 0.05) is 7.11 Å². The molecule has 0 aromatic carbocycles. The van der Waals surface area contributed by atoms with Crippen molar-refractivity contribution >= 4 is 12.4 Å². The van der Waals surface area contributed by atoms with E-state index in [0.29, 0.717) is 6.61 Å². The van der Waals surface area contributed by atoms with Crippen molar-refractivity contribution in [3.63, 3.8) is 0 Å². The monoisotopic (exact) mass is 155 g/mol. The number of rotatable bonds is 3. The number of aliphatic hydroxyl groups excluding tert-OH is 1. The number of aliphatic hydroxyl groups is 1. The van der Waals surface area contributed by atoms with Gasteiger partial charge in [-0.3, -0.25) is 0 Å². The second kappa shape index (κ2) is 4.99. The van der Waals surface area contributed by atoms with E-state index < -0.39 is 5.54 Å². The lowest BCUT2D eigenvalue weighted by molar-refractivity contribution is 0.0971. The van der Waals surface area contributed by atoms with E-state index in [1.54, 1.807) is 14.0 Å². The van der Waals surface area contributed by atoms with Gasteiger partial charge in [-0.15, -0.1) is 12.4 Å². The molecule has 0 aromatic heterocycles. The second-order valence-electron chi connectivity index (χ2n) is 2.25. The number of methoxy groups -OCH3 is 1. The molecule has 0 saturated carbocycles. The number of halogens is 1. The van der Waals surface area contributed by atoms with E-state index in [-0.39, 0.29) is 19.0 Å². The number of ether oxygens (including phenoxy) is 1. The fraction of sp³-hybridized carbons (Fsp3) is 1.00. The van der Waals surface area contributed by atoms with E-state index >= 15 is 0 Å². The van der Waals surface area contributed by atoms with Gasteiger partial charge in [0.15, 0.2) is 0 Å². The SMILES string of the molecule is COCC(C)(N)CO.Cl. The molecule has 58 valence electrons. The van der Waals surface area contributed by atoms with Crippen LogP contribution in [0.1, 0.15) is 6.92 Å². The first kappa shape index (κ1) is 11.9. The lowest BCUT2D eigenvalue weighted by Crippen LogP contribution is -2.44. The quantitative estimate of drug-likeness (QED) is 0.592. The molecule has 0 aliphatic rings. The summed E-state index contributed by atoms with van der Waals surface area (Å²) in [5.74, 6) is 0. The van der Waals surface area contributed by atoms with E-state index in [4.69, 9.17) is 15.6 Å². The lowest BCUT2D eigenvalue weighted by atomic mass is 10.1. The van der Waals surface area contributed by atoms with Crippen LogP contribution in [0.2, 0.25) is 0 Å². The van der Waals surface area contributed by atoms with Crippen LogP contribution < -0.4 is 5.73 Å². The van der Waals surface area contributed by atoms with Crippen molar-refractivity contribution < 1.29 is 9.84 Å². The molecule has 4 heteroatoms. The Morgan fingerprint density at radius 1 is 1.67 bits per heavy atom. The molecule has 0 fully saturated rings. The van der Waals surface area contributed by atoms with Crippen LogP contribution in [-0.4, -0.2) is 31.0 Å². The largest absolute Gasteiger partial charge is 0.394 e. The summed E-state index contributed by atoms with van der Waals surface area (Å²) in [4.78, 5) is 0. The van der Waals surface area contributed by atoms with E-state index in [0.717, 1.165) is 0 Å². The molecule has 1 atom stereocenters. The third-order valence-electron chi connectivity index (χ3n) is 0.835. The summed E-state index contributed by atoms with van der Waals surface area (Å²) in [5.41, 5.74) is 4.88. The van der Waals surface area contributed by atoms with Gasteiger partial charge in [-0.1, -0.05) is 0 Å². The normalized spacial score (nSPS) is 16.0. The first-order valence-corrected chi connectivity index (χ1v) is 2.51. The molecule has 0 aliphatic heterocycles. The topological polar surface area (TPSA) is 55.5 Å². The minimum absolute atomic E-state index is 0. The maximum absolute atomic E-state index is 8.52. The lowest BCUT2D eigenvalue weighted by Gasteiger charge is -2.19. The van der Waals surface area contributed by atoms with Crippen molar-refractivity contribution in [1.82, 2.24) is 0 Å². The fourth-order valence-electron chi connectivity index (χ4n) is 0.375. The fourth-order valence-corrected chi connectivity index (χ4v) is 0.375. The molecule has 0 rings (SSSR count). The van der Waals surface area contributed by atoms with Gasteiger partial charge in [-0.25, -0.2) is 0 Å². The Hall–Kier alpha value is 0.170. The maximum Gasteiger partial charge on any atom is 0.0662 e. The molecule has 0 aliphatic carbocycles. The minimum Gasteiger partial charge on any atom is -0.394 e. The van der Waals surface area contributed by atoms with Crippen molar-refractivity contribution in [2.45, 2.75) is 12.5 Å². The van der Waals surface area contributed by atoms with Crippen LogP contribution in [0.3, 0.4) is 0 Å². The molecular formula is C5H14ClNO2. The highest BCUT2D eigenvalue weighted by atomic mass is 35.5. The number of hydrogen-bond acceptors (Lipinski definition) is 3. The Balaban J connectivity index is 0. The predicted octanol–water partition coefficient (Wildman–Crippen LogP) is -0.236. The summed E-state index contributed by atoms with van der Waals surface area (Å²) in [6.07, 6.45) is 0. The Morgan fingerprint density at radius 2 is 2.11 bits per heavy atom. The molecule has 0 saturated heterocycles. The summed E-state index contributed by atoms with van der Waals surface area (Å²) in [7, 11) is 1.56. The first-order valence-electron chi connectivity index (χ1n) is 2.51. The van der Waals surface area contributed by atoms with Crippen LogP contribution in [0.4, 0.5) is 0 Å². The smallest absolute Gasteiger partial charge is 0.0662 e. The van der Waals surface area contributed by atoms with Crippen molar-refractivity contribution in [1.29, 1.82) is 0 Å². The number of hydrogen-bond donors (Lipinski definition) is 2. The molecule has 0 heterocycles. The van der Waals surface area contributed by atoms with E-state index in [2.05, 4.69) is 0 Å². The highest BCUT2D eigenvalue weighted by molar-refractivity contribution is 5.85. The standard InChI is InChI=1S/C5H13NO2.ClH/c1-5(6,3-7)4-8-2;/h7H,3-4,6H2,1-2H3;1H. The van der Waals surface area contributed by atoms with Gasteiger partial charge in [-0.2, -0.15) is 0 Å². The molecule has 9 heavy (non-hydrogen) atoms. The van der Waals surface area contributed by atoms with Crippen molar-refractivity contribution in [2.75, 3.05) is 20.3 Å². The van der Waals surface area contributed by atoms with Crippen LogP contribution in [0, 0.1) is 0 Å². The molecule has 0 aromatic rings. The van der Waals surface area contributed by atoms with Crippen LogP contribution in [-0.2, 0) is 4.74 Å². The van der Waals surface area contributed by atoms with E-state index in [1.165, 1.54) is 0 Å². The Bertz CT molecular complexity index is 68.0. The number of nitrogens with two attached hydrogens (primary N) is 1.